The highest BCUT2D eigenvalue weighted by atomic mass is 14.6. The molecule has 1 atom stereocenters. The second-order valence-electron chi connectivity index (χ2n) is 4.28. The van der Waals surface area contributed by atoms with Crippen molar-refractivity contribution in [3.05, 3.63) is 30.1 Å². The van der Waals surface area contributed by atoms with E-state index < -0.39 is 0 Å². The van der Waals surface area contributed by atoms with Crippen LogP contribution in [0.2, 0.25) is 0 Å². The van der Waals surface area contributed by atoms with Gasteiger partial charge < -0.3 is 5.73 Å². The summed E-state index contributed by atoms with van der Waals surface area (Å²) in [6, 6.07) is 4.45. The molecule has 0 amide bonds. The molecular weight excluding hydrogens is 172 g/mol. The minimum atomic E-state index is 0.336. The fourth-order valence-electron chi connectivity index (χ4n) is 1.62. The Bertz CT molecular complexity index is 244. The zero-order chi connectivity index (χ0) is 10.4. The van der Waals surface area contributed by atoms with E-state index in [-0.39, 0.29) is 0 Å². The van der Waals surface area contributed by atoms with Gasteiger partial charge in [-0.1, -0.05) is 13.8 Å². The second-order valence-corrected chi connectivity index (χ2v) is 4.28. The van der Waals surface area contributed by atoms with E-state index in [4.69, 9.17) is 5.73 Å². The van der Waals surface area contributed by atoms with E-state index in [0.29, 0.717) is 12.0 Å². The summed E-state index contributed by atoms with van der Waals surface area (Å²) in [4.78, 5) is 3.99. The molecule has 0 aliphatic carbocycles. The highest BCUT2D eigenvalue weighted by Crippen LogP contribution is 2.09. The van der Waals surface area contributed by atoms with Crippen LogP contribution in [0.1, 0.15) is 32.3 Å². The van der Waals surface area contributed by atoms with E-state index in [0.717, 1.165) is 19.3 Å². The van der Waals surface area contributed by atoms with Crippen LogP contribution < -0.4 is 5.73 Å². The first-order valence-corrected chi connectivity index (χ1v) is 5.33. The van der Waals surface area contributed by atoms with Gasteiger partial charge in [0.1, 0.15) is 0 Å². The van der Waals surface area contributed by atoms with Crippen molar-refractivity contribution in [2.24, 2.45) is 11.7 Å². The molecule has 1 aromatic heterocycles. The summed E-state index contributed by atoms with van der Waals surface area (Å²) in [6.45, 7) is 4.43. The van der Waals surface area contributed by atoms with Gasteiger partial charge in [-0.05, 0) is 42.9 Å². The zero-order valence-electron chi connectivity index (χ0n) is 9.11. The lowest BCUT2D eigenvalue weighted by molar-refractivity contribution is 0.473. The number of pyridine rings is 1. The van der Waals surface area contributed by atoms with Gasteiger partial charge in [0.05, 0.1) is 0 Å². The Balaban J connectivity index is 2.27. The maximum atomic E-state index is 6.01. The average Bonchev–Trinajstić information content (AvgIpc) is 2.15. The minimum Gasteiger partial charge on any atom is -0.328 e. The third kappa shape index (κ3) is 4.38. The maximum Gasteiger partial charge on any atom is 0.0270 e. The highest BCUT2D eigenvalue weighted by molar-refractivity contribution is 5.09. The molecule has 0 aromatic carbocycles. The molecule has 78 valence electrons. The zero-order valence-corrected chi connectivity index (χ0v) is 9.11. The van der Waals surface area contributed by atoms with Gasteiger partial charge in [-0.25, -0.2) is 0 Å². The third-order valence-electron chi connectivity index (χ3n) is 2.33. The first-order valence-electron chi connectivity index (χ1n) is 5.33. The Hall–Kier alpha value is -0.890. The van der Waals surface area contributed by atoms with Gasteiger partial charge in [0.15, 0.2) is 0 Å². The van der Waals surface area contributed by atoms with Crippen molar-refractivity contribution in [1.29, 1.82) is 0 Å². The van der Waals surface area contributed by atoms with E-state index in [9.17, 15) is 0 Å². The first-order chi connectivity index (χ1) is 6.68. The smallest absolute Gasteiger partial charge is 0.0270 e. The standard InChI is InChI=1S/C12H20N2/c1-10(2)9-12(13)4-3-11-5-7-14-8-6-11/h5-8,10,12H,3-4,9,13H2,1-2H3. The number of hydrogen-bond acceptors (Lipinski definition) is 2. The Labute approximate surface area is 86.5 Å². The lowest BCUT2D eigenvalue weighted by Crippen LogP contribution is -2.22. The molecule has 0 spiro atoms. The van der Waals surface area contributed by atoms with Crippen LogP contribution in [0.25, 0.3) is 0 Å². The van der Waals surface area contributed by atoms with Crippen molar-refractivity contribution in [1.82, 2.24) is 4.98 Å². The maximum absolute atomic E-state index is 6.01. The SMILES string of the molecule is CC(C)CC(N)CCc1ccncc1. The predicted molar refractivity (Wildman–Crippen MR) is 60.0 cm³/mol. The largest absolute Gasteiger partial charge is 0.328 e. The second kappa shape index (κ2) is 5.76. The number of aromatic nitrogens is 1. The molecule has 0 radical (unpaired) electrons. The Morgan fingerprint density at radius 1 is 1.29 bits per heavy atom. The summed E-state index contributed by atoms with van der Waals surface area (Å²) in [7, 11) is 0. The van der Waals surface area contributed by atoms with E-state index in [2.05, 4.69) is 31.0 Å². The predicted octanol–water partition coefficient (Wildman–Crippen LogP) is 2.39. The summed E-state index contributed by atoms with van der Waals surface area (Å²) in [5.74, 6) is 0.697. The van der Waals surface area contributed by atoms with Crippen LogP contribution in [0.5, 0.6) is 0 Å². The number of aryl methyl sites for hydroxylation is 1. The van der Waals surface area contributed by atoms with E-state index in [1.54, 1.807) is 0 Å². The Morgan fingerprint density at radius 3 is 2.50 bits per heavy atom. The first kappa shape index (κ1) is 11.2. The highest BCUT2D eigenvalue weighted by Gasteiger charge is 2.05. The van der Waals surface area contributed by atoms with E-state index >= 15 is 0 Å². The lowest BCUT2D eigenvalue weighted by atomic mass is 9.99. The van der Waals surface area contributed by atoms with Crippen LogP contribution in [0.15, 0.2) is 24.5 Å². The number of nitrogens with zero attached hydrogens (tertiary/aromatic N) is 1. The number of rotatable bonds is 5. The molecule has 1 unspecified atom stereocenters. The van der Waals surface area contributed by atoms with Gasteiger partial charge >= 0.3 is 0 Å². The molecule has 2 N–H and O–H groups in total. The van der Waals surface area contributed by atoms with Crippen molar-refractivity contribution in [3.8, 4) is 0 Å². The van der Waals surface area contributed by atoms with Crippen molar-refractivity contribution < 1.29 is 0 Å². The van der Waals surface area contributed by atoms with Crippen LogP contribution in [-0.2, 0) is 6.42 Å². The van der Waals surface area contributed by atoms with Gasteiger partial charge in [-0.2, -0.15) is 0 Å². The third-order valence-corrected chi connectivity index (χ3v) is 2.33. The van der Waals surface area contributed by atoms with Crippen LogP contribution in [0.3, 0.4) is 0 Å². The molecule has 1 aromatic rings. The molecule has 2 nitrogen and oxygen atoms in total. The summed E-state index contributed by atoms with van der Waals surface area (Å²) < 4.78 is 0. The summed E-state index contributed by atoms with van der Waals surface area (Å²) in [5.41, 5.74) is 7.34. The van der Waals surface area contributed by atoms with Crippen molar-refractivity contribution in [2.45, 2.75) is 39.2 Å². The van der Waals surface area contributed by atoms with Crippen LogP contribution in [-0.4, -0.2) is 11.0 Å². The van der Waals surface area contributed by atoms with Crippen molar-refractivity contribution >= 4 is 0 Å². The molecule has 0 aliphatic rings. The fraction of sp³-hybridized carbons (Fsp3) is 0.583. The molecule has 1 heterocycles. The lowest BCUT2D eigenvalue weighted by Gasteiger charge is -2.13. The summed E-state index contributed by atoms with van der Waals surface area (Å²) >= 11 is 0. The average molecular weight is 192 g/mol. The summed E-state index contributed by atoms with van der Waals surface area (Å²) in [6.07, 6.45) is 6.93. The van der Waals surface area contributed by atoms with Crippen molar-refractivity contribution in [3.63, 3.8) is 0 Å². The monoisotopic (exact) mass is 192 g/mol. The quantitative estimate of drug-likeness (QED) is 0.778. The van der Waals surface area contributed by atoms with Crippen molar-refractivity contribution in [2.75, 3.05) is 0 Å². The van der Waals surface area contributed by atoms with Crippen LogP contribution >= 0.6 is 0 Å². The van der Waals surface area contributed by atoms with Crippen LogP contribution in [0, 0.1) is 5.92 Å². The Morgan fingerprint density at radius 2 is 1.93 bits per heavy atom. The fourth-order valence-corrected chi connectivity index (χ4v) is 1.62. The summed E-state index contributed by atoms with van der Waals surface area (Å²) in [5, 5.41) is 0. The number of nitrogens with two attached hydrogens (primary N) is 1. The van der Waals surface area contributed by atoms with E-state index in [1.807, 2.05) is 12.4 Å². The molecule has 0 saturated heterocycles. The van der Waals surface area contributed by atoms with Gasteiger partial charge in [0.2, 0.25) is 0 Å². The topological polar surface area (TPSA) is 38.9 Å². The molecule has 0 aliphatic heterocycles. The molecule has 2 heteroatoms. The molecule has 0 fully saturated rings. The van der Waals surface area contributed by atoms with Crippen LogP contribution in [0.4, 0.5) is 0 Å². The molecule has 0 bridgehead atoms. The van der Waals surface area contributed by atoms with E-state index in [1.165, 1.54) is 5.56 Å². The normalized spacial score (nSPS) is 13.1. The Kier molecular flexibility index (Phi) is 4.60. The molecule has 1 rings (SSSR count). The van der Waals surface area contributed by atoms with Gasteiger partial charge in [0.25, 0.3) is 0 Å². The number of hydrogen-bond donors (Lipinski definition) is 1. The van der Waals surface area contributed by atoms with Gasteiger partial charge in [0, 0.05) is 18.4 Å². The molecular formula is C12H20N2. The molecule has 0 saturated carbocycles. The van der Waals surface area contributed by atoms with Gasteiger partial charge in [-0.3, -0.25) is 4.98 Å². The minimum absolute atomic E-state index is 0.336. The van der Waals surface area contributed by atoms with Gasteiger partial charge in [-0.15, -0.1) is 0 Å². The molecule has 14 heavy (non-hydrogen) atoms.